The zero-order valence-corrected chi connectivity index (χ0v) is 10.3. The van der Waals surface area contributed by atoms with Crippen LogP contribution in [-0.4, -0.2) is 42.9 Å². The number of sulfone groups is 1. The lowest BCUT2D eigenvalue weighted by Gasteiger charge is -2.27. The highest BCUT2D eigenvalue weighted by Gasteiger charge is 2.23. The van der Waals surface area contributed by atoms with Gasteiger partial charge in [0.2, 0.25) is 5.82 Å². The van der Waals surface area contributed by atoms with Crippen LogP contribution in [0.4, 0.5) is 17.3 Å². The number of pyridine rings is 1. The second-order valence-electron chi connectivity index (χ2n) is 3.97. The standard InChI is InChI=1S/C9H12N4O4S/c10-9-7(13(14)15)1-2-8(11-9)12-3-5-18(16,17)6-4-12/h1-2H,3-6H2,(H2,10,11). The average molecular weight is 272 g/mol. The van der Waals surface area contributed by atoms with Crippen LogP contribution in [0.25, 0.3) is 0 Å². The molecule has 2 heterocycles. The lowest BCUT2D eigenvalue weighted by Crippen LogP contribution is -2.40. The molecule has 1 aromatic rings. The van der Waals surface area contributed by atoms with Gasteiger partial charge in [-0.3, -0.25) is 10.1 Å². The number of hydrogen-bond donors (Lipinski definition) is 1. The Kier molecular flexibility index (Phi) is 3.07. The lowest BCUT2D eigenvalue weighted by molar-refractivity contribution is -0.384. The fourth-order valence-corrected chi connectivity index (χ4v) is 2.93. The van der Waals surface area contributed by atoms with Crippen molar-refractivity contribution in [3.63, 3.8) is 0 Å². The van der Waals surface area contributed by atoms with Crippen LogP contribution in [0.15, 0.2) is 12.1 Å². The molecule has 0 aliphatic carbocycles. The summed E-state index contributed by atoms with van der Waals surface area (Å²) in [5.41, 5.74) is 5.24. The molecule has 0 bridgehead atoms. The molecular weight excluding hydrogens is 260 g/mol. The summed E-state index contributed by atoms with van der Waals surface area (Å²) < 4.78 is 22.6. The molecule has 2 rings (SSSR count). The third kappa shape index (κ3) is 2.50. The van der Waals surface area contributed by atoms with E-state index in [1.807, 2.05) is 0 Å². The Labute approximate surface area is 103 Å². The minimum atomic E-state index is -2.96. The van der Waals surface area contributed by atoms with E-state index in [9.17, 15) is 18.5 Å². The predicted octanol–water partition coefficient (Wildman–Crippen LogP) is -0.193. The number of nitrogen functional groups attached to an aromatic ring is 1. The average Bonchev–Trinajstić information content (AvgIpc) is 2.28. The Morgan fingerprint density at radius 3 is 2.44 bits per heavy atom. The molecule has 0 radical (unpaired) electrons. The molecule has 1 aliphatic heterocycles. The first-order valence-corrected chi connectivity index (χ1v) is 7.07. The van der Waals surface area contributed by atoms with Crippen LogP contribution in [0.1, 0.15) is 0 Å². The van der Waals surface area contributed by atoms with Gasteiger partial charge in [-0.2, -0.15) is 0 Å². The number of hydrogen-bond acceptors (Lipinski definition) is 7. The van der Waals surface area contributed by atoms with Crippen molar-refractivity contribution in [3.8, 4) is 0 Å². The largest absolute Gasteiger partial charge is 0.378 e. The topological polar surface area (TPSA) is 119 Å². The molecule has 9 heteroatoms. The molecular formula is C9H12N4O4S. The van der Waals surface area contributed by atoms with Crippen LogP contribution < -0.4 is 10.6 Å². The van der Waals surface area contributed by atoms with Gasteiger partial charge in [-0.05, 0) is 6.07 Å². The van der Waals surface area contributed by atoms with Crippen LogP contribution in [0, 0.1) is 10.1 Å². The van der Waals surface area contributed by atoms with Gasteiger partial charge in [0, 0.05) is 19.2 Å². The Morgan fingerprint density at radius 2 is 1.94 bits per heavy atom. The summed E-state index contributed by atoms with van der Waals surface area (Å²) >= 11 is 0. The van der Waals surface area contributed by atoms with Crippen LogP contribution in [-0.2, 0) is 9.84 Å². The Bertz CT molecular complexity index is 572. The van der Waals surface area contributed by atoms with Crippen LogP contribution in [0.2, 0.25) is 0 Å². The third-order valence-corrected chi connectivity index (χ3v) is 4.36. The Balaban J connectivity index is 2.21. The van der Waals surface area contributed by atoms with Crippen LogP contribution in [0.3, 0.4) is 0 Å². The number of aromatic nitrogens is 1. The maximum atomic E-state index is 11.3. The van der Waals surface area contributed by atoms with Crippen molar-refractivity contribution in [1.82, 2.24) is 4.98 Å². The van der Waals surface area contributed by atoms with Crippen LogP contribution >= 0.6 is 0 Å². The summed E-state index contributed by atoms with van der Waals surface area (Å²) in [6, 6.07) is 2.76. The Hall–Kier alpha value is -1.90. The SMILES string of the molecule is Nc1nc(N2CCS(=O)(=O)CC2)ccc1[N+](=O)[O-]. The fourth-order valence-electron chi connectivity index (χ4n) is 1.73. The van der Waals surface area contributed by atoms with Gasteiger partial charge in [-0.15, -0.1) is 0 Å². The number of nitrogens with zero attached hydrogens (tertiary/aromatic N) is 3. The zero-order chi connectivity index (χ0) is 13.3. The summed E-state index contributed by atoms with van der Waals surface area (Å²) in [6.07, 6.45) is 0. The van der Waals surface area contributed by atoms with Crippen LogP contribution in [0.5, 0.6) is 0 Å². The predicted molar refractivity (Wildman–Crippen MR) is 66.2 cm³/mol. The number of anilines is 2. The van der Waals surface area contributed by atoms with Crippen molar-refractivity contribution in [2.45, 2.75) is 0 Å². The molecule has 1 aromatic heterocycles. The molecule has 0 atom stereocenters. The summed E-state index contributed by atoms with van der Waals surface area (Å²) in [4.78, 5) is 15.7. The molecule has 8 nitrogen and oxygen atoms in total. The van der Waals surface area contributed by atoms with Crippen molar-refractivity contribution in [2.75, 3.05) is 35.2 Å². The van der Waals surface area contributed by atoms with E-state index in [0.29, 0.717) is 18.9 Å². The molecule has 1 fully saturated rings. The molecule has 18 heavy (non-hydrogen) atoms. The number of nitro groups is 1. The first-order valence-electron chi connectivity index (χ1n) is 5.25. The first kappa shape index (κ1) is 12.6. The quantitative estimate of drug-likeness (QED) is 0.585. The molecule has 1 saturated heterocycles. The van der Waals surface area contributed by atoms with Gasteiger partial charge in [-0.1, -0.05) is 0 Å². The van der Waals surface area contributed by atoms with Crippen molar-refractivity contribution < 1.29 is 13.3 Å². The molecule has 98 valence electrons. The van der Waals surface area contributed by atoms with Gasteiger partial charge in [0.15, 0.2) is 9.84 Å². The molecule has 2 N–H and O–H groups in total. The van der Waals surface area contributed by atoms with Crippen molar-refractivity contribution in [1.29, 1.82) is 0 Å². The van der Waals surface area contributed by atoms with Gasteiger partial charge >= 0.3 is 5.69 Å². The van der Waals surface area contributed by atoms with E-state index in [1.165, 1.54) is 12.1 Å². The van der Waals surface area contributed by atoms with E-state index in [2.05, 4.69) is 4.98 Å². The van der Waals surface area contributed by atoms with E-state index in [0.717, 1.165) is 0 Å². The molecule has 0 amide bonds. The van der Waals surface area contributed by atoms with Crippen molar-refractivity contribution >= 4 is 27.2 Å². The van der Waals surface area contributed by atoms with Crippen molar-refractivity contribution in [3.05, 3.63) is 22.2 Å². The van der Waals surface area contributed by atoms with Gasteiger partial charge in [0.1, 0.15) is 5.82 Å². The summed E-state index contributed by atoms with van der Waals surface area (Å²) in [7, 11) is -2.96. The second-order valence-corrected chi connectivity index (χ2v) is 6.27. The molecule has 0 saturated carbocycles. The minimum absolute atomic E-state index is 0.0611. The molecule has 0 spiro atoms. The van der Waals surface area contributed by atoms with E-state index in [4.69, 9.17) is 5.73 Å². The minimum Gasteiger partial charge on any atom is -0.378 e. The second kappa shape index (κ2) is 4.41. The maximum absolute atomic E-state index is 11.3. The Morgan fingerprint density at radius 1 is 1.33 bits per heavy atom. The van der Waals surface area contributed by atoms with Gasteiger partial charge in [0.25, 0.3) is 0 Å². The maximum Gasteiger partial charge on any atom is 0.311 e. The van der Waals surface area contributed by atoms with Gasteiger partial charge in [-0.25, -0.2) is 13.4 Å². The summed E-state index contributed by atoms with van der Waals surface area (Å²) in [5, 5.41) is 10.6. The summed E-state index contributed by atoms with van der Waals surface area (Å²) in [6.45, 7) is 0.652. The molecule has 0 aromatic carbocycles. The highest BCUT2D eigenvalue weighted by molar-refractivity contribution is 7.91. The van der Waals surface area contributed by atoms with Crippen molar-refractivity contribution in [2.24, 2.45) is 0 Å². The highest BCUT2D eigenvalue weighted by Crippen LogP contribution is 2.23. The fraction of sp³-hybridized carbons (Fsp3) is 0.444. The number of rotatable bonds is 2. The van der Waals surface area contributed by atoms with E-state index >= 15 is 0 Å². The van der Waals surface area contributed by atoms with Gasteiger partial charge in [0.05, 0.1) is 16.4 Å². The highest BCUT2D eigenvalue weighted by atomic mass is 32.2. The van der Waals surface area contributed by atoms with E-state index in [1.54, 1.807) is 4.90 Å². The van der Waals surface area contributed by atoms with Gasteiger partial charge < -0.3 is 10.6 Å². The zero-order valence-electron chi connectivity index (χ0n) is 9.44. The normalized spacial score (nSPS) is 18.6. The van der Waals surface area contributed by atoms with E-state index in [-0.39, 0.29) is 23.0 Å². The smallest absolute Gasteiger partial charge is 0.311 e. The molecule has 1 aliphatic rings. The first-order chi connectivity index (χ1) is 8.39. The molecule has 0 unspecified atom stereocenters. The summed E-state index contributed by atoms with van der Waals surface area (Å²) in [5.74, 6) is 0.427. The van der Waals surface area contributed by atoms with E-state index < -0.39 is 14.8 Å². The third-order valence-electron chi connectivity index (χ3n) is 2.75. The monoisotopic (exact) mass is 272 g/mol. The lowest BCUT2D eigenvalue weighted by atomic mass is 10.3. The number of nitrogens with two attached hydrogens (primary N) is 1.